The molecule has 0 aliphatic carbocycles. The van der Waals surface area contributed by atoms with Crippen LogP contribution >= 0.6 is 0 Å². The highest BCUT2D eigenvalue weighted by atomic mass is 16.6. The van der Waals surface area contributed by atoms with Gasteiger partial charge in [0.25, 0.3) is 0 Å². The summed E-state index contributed by atoms with van der Waals surface area (Å²) in [6.07, 6.45) is 2.70. The van der Waals surface area contributed by atoms with Crippen molar-refractivity contribution < 1.29 is 32.9 Å². The number of hydrogen-bond donors (Lipinski definition) is 1. The van der Waals surface area contributed by atoms with Crippen LogP contribution in [0.15, 0.2) is 57.7 Å². The van der Waals surface area contributed by atoms with Crippen LogP contribution in [0.5, 0.6) is 11.8 Å². The first kappa shape index (κ1) is 24.9. The molecule has 1 fully saturated rings. The average molecular weight is 517 g/mol. The normalized spacial score (nSPS) is 13.2. The molecular weight excluding hydrogens is 492 g/mol. The molecule has 0 amide bonds. The van der Waals surface area contributed by atoms with Crippen LogP contribution in [-0.2, 0) is 11.3 Å². The molecule has 5 rings (SSSR count). The lowest BCUT2D eigenvalue weighted by molar-refractivity contribution is 0.0658. The van der Waals surface area contributed by atoms with Gasteiger partial charge in [0, 0.05) is 29.9 Å². The maximum Gasteiger partial charge on any atom is 0.372 e. The van der Waals surface area contributed by atoms with Gasteiger partial charge in [-0.1, -0.05) is 12.1 Å². The molecule has 11 nitrogen and oxygen atoms in total. The number of carboxylic acid groups (broad SMARTS) is 1. The Labute approximate surface area is 217 Å². The van der Waals surface area contributed by atoms with E-state index in [9.17, 15) is 15.2 Å². The Morgan fingerprint density at radius 2 is 1.97 bits per heavy atom. The number of furan rings is 1. The Hall–Kier alpha value is -4.82. The molecule has 1 aliphatic heterocycles. The van der Waals surface area contributed by atoms with Gasteiger partial charge in [-0.3, -0.25) is 0 Å². The summed E-state index contributed by atoms with van der Waals surface area (Å²) in [6.45, 7) is 5.04. The molecule has 0 spiro atoms. The molecule has 4 aromatic rings. The van der Waals surface area contributed by atoms with E-state index in [0.717, 1.165) is 24.3 Å². The van der Waals surface area contributed by atoms with Gasteiger partial charge in [0.1, 0.15) is 24.4 Å². The number of nitrogens with zero attached hydrogens (tertiary/aromatic N) is 4. The van der Waals surface area contributed by atoms with E-state index < -0.39 is 5.97 Å². The van der Waals surface area contributed by atoms with Gasteiger partial charge >= 0.3 is 11.9 Å². The predicted octanol–water partition coefficient (Wildman–Crippen LogP) is 4.38. The number of morpholine rings is 1. The highest BCUT2D eigenvalue weighted by Gasteiger charge is 2.22. The quantitative estimate of drug-likeness (QED) is 0.338. The summed E-state index contributed by atoms with van der Waals surface area (Å²) in [4.78, 5) is 22.6. The van der Waals surface area contributed by atoms with Gasteiger partial charge in [-0.05, 0) is 31.2 Å². The van der Waals surface area contributed by atoms with Crippen LogP contribution in [0.3, 0.4) is 0 Å². The third kappa shape index (κ3) is 5.16. The van der Waals surface area contributed by atoms with Crippen LogP contribution in [0.1, 0.15) is 28.6 Å². The lowest BCUT2D eigenvalue weighted by atomic mass is 10.0. The van der Waals surface area contributed by atoms with E-state index in [0.29, 0.717) is 36.6 Å². The summed E-state index contributed by atoms with van der Waals surface area (Å²) in [5.41, 5.74) is 3.12. The Balaban J connectivity index is 1.53. The summed E-state index contributed by atoms with van der Waals surface area (Å²) in [6, 6.07) is 13.2. The minimum absolute atomic E-state index is 0.00551. The van der Waals surface area contributed by atoms with Crippen LogP contribution in [0.25, 0.3) is 22.7 Å². The Kier molecular flexibility index (Phi) is 7.24. The molecular formula is C27H24N4O7. The van der Waals surface area contributed by atoms with Gasteiger partial charge in [0.05, 0.1) is 37.3 Å². The molecule has 0 atom stereocenters. The van der Waals surface area contributed by atoms with Crippen LogP contribution in [0, 0.1) is 11.3 Å². The van der Waals surface area contributed by atoms with Crippen molar-refractivity contribution in [2.45, 2.75) is 13.5 Å². The number of carboxylic acids is 1. The molecule has 194 valence electrons. The predicted molar refractivity (Wildman–Crippen MR) is 134 cm³/mol. The number of ether oxygens (including phenoxy) is 3. The Bertz CT molecular complexity index is 1460. The summed E-state index contributed by atoms with van der Waals surface area (Å²) in [7, 11) is 0. The molecule has 3 aromatic heterocycles. The van der Waals surface area contributed by atoms with E-state index >= 15 is 0 Å². The third-order valence-electron chi connectivity index (χ3n) is 5.94. The molecule has 38 heavy (non-hydrogen) atoms. The van der Waals surface area contributed by atoms with Crippen molar-refractivity contribution in [2.24, 2.45) is 0 Å². The van der Waals surface area contributed by atoms with E-state index in [4.69, 9.17) is 23.0 Å². The Morgan fingerprint density at radius 3 is 2.68 bits per heavy atom. The zero-order valence-electron chi connectivity index (χ0n) is 20.5. The first-order chi connectivity index (χ1) is 18.6. The van der Waals surface area contributed by atoms with E-state index in [-0.39, 0.29) is 35.6 Å². The van der Waals surface area contributed by atoms with Gasteiger partial charge in [0.2, 0.25) is 17.5 Å². The van der Waals surface area contributed by atoms with Crippen molar-refractivity contribution in [2.75, 3.05) is 37.8 Å². The standard InChI is InChI=1S/C27H24N4O7/c1-2-35-23-15-29-25(38-23)20-13-22(17-3-5-19(6-4-17)31-8-11-34-12-9-31)30-26(21(20)14-28)37-16-18-7-10-36-24(18)27(32)33/h3-7,10,13,15H,2,8-9,11-12,16H2,1H3,(H,32,33). The first-order valence-electron chi connectivity index (χ1n) is 12.0. The molecule has 1 aliphatic rings. The van der Waals surface area contributed by atoms with Crippen LogP contribution in [0.4, 0.5) is 5.69 Å². The maximum atomic E-state index is 11.4. The summed E-state index contributed by atoms with van der Waals surface area (Å²) < 4.78 is 27.5. The van der Waals surface area contributed by atoms with Crippen molar-refractivity contribution in [3.05, 3.63) is 65.7 Å². The lowest BCUT2D eigenvalue weighted by Crippen LogP contribution is -2.36. The van der Waals surface area contributed by atoms with E-state index in [1.54, 1.807) is 6.07 Å². The summed E-state index contributed by atoms with van der Waals surface area (Å²) in [5, 5.41) is 19.4. The minimum Gasteiger partial charge on any atom is -0.475 e. The molecule has 1 aromatic carbocycles. The third-order valence-corrected chi connectivity index (χ3v) is 5.94. The fraction of sp³-hybridized carbons (Fsp3) is 0.259. The number of aromatic carboxylic acids is 1. The number of rotatable bonds is 9. The Morgan fingerprint density at radius 1 is 1.18 bits per heavy atom. The van der Waals surface area contributed by atoms with Gasteiger partial charge in [-0.25, -0.2) is 14.8 Å². The number of benzene rings is 1. The van der Waals surface area contributed by atoms with E-state index in [2.05, 4.69) is 20.9 Å². The van der Waals surface area contributed by atoms with Crippen molar-refractivity contribution >= 4 is 11.7 Å². The molecule has 4 heterocycles. The van der Waals surface area contributed by atoms with Crippen LogP contribution < -0.4 is 14.4 Å². The topological polar surface area (TPSA) is 144 Å². The fourth-order valence-electron chi connectivity index (χ4n) is 4.09. The number of pyridine rings is 1. The van der Waals surface area contributed by atoms with E-state index in [1.807, 2.05) is 31.2 Å². The molecule has 11 heteroatoms. The van der Waals surface area contributed by atoms with Crippen LogP contribution in [-0.4, -0.2) is 54.0 Å². The maximum absolute atomic E-state index is 11.4. The second kappa shape index (κ2) is 11.1. The largest absolute Gasteiger partial charge is 0.475 e. The van der Waals surface area contributed by atoms with Crippen molar-refractivity contribution in [1.29, 1.82) is 5.26 Å². The summed E-state index contributed by atoms with van der Waals surface area (Å²) in [5.74, 6) is -1.08. The van der Waals surface area contributed by atoms with Gasteiger partial charge in [-0.15, -0.1) is 0 Å². The molecule has 0 saturated carbocycles. The highest BCUT2D eigenvalue weighted by Crippen LogP contribution is 2.35. The number of carbonyl (C=O) groups is 1. The number of aromatic nitrogens is 2. The molecule has 0 bridgehead atoms. The SMILES string of the molecule is CCOc1cnc(-c2cc(-c3ccc(N4CCOCC4)cc3)nc(OCc3ccoc3C(=O)O)c2C#N)o1. The number of hydrogen-bond acceptors (Lipinski definition) is 10. The lowest BCUT2D eigenvalue weighted by Gasteiger charge is -2.28. The zero-order chi connectivity index (χ0) is 26.5. The highest BCUT2D eigenvalue weighted by molar-refractivity contribution is 5.86. The second-order valence-electron chi connectivity index (χ2n) is 8.28. The number of oxazole rings is 1. The molecule has 0 radical (unpaired) electrons. The number of nitriles is 1. The smallest absolute Gasteiger partial charge is 0.372 e. The zero-order valence-corrected chi connectivity index (χ0v) is 20.5. The molecule has 0 unspecified atom stereocenters. The first-order valence-corrected chi connectivity index (χ1v) is 12.0. The van der Waals surface area contributed by atoms with Crippen molar-refractivity contribution in [3.8, 4) is 40.6 Å². The molecule has 1 saturated heterocycles. The van der Waals surface area contributed by atoms with Gasteiger partial charge in [-0.2, -0.15) is 5.26 Å². The van der Waals surface area contributed by atoms with Crippen molar-refractivity contribution in [1.82, 2.24) is 9.97 Å². The minimum atomic E-state index is -1.22. The monoisotopic (exact) mass is 516 g/mol. The second-order valence-corrected chi connectivity index (χ2v) is 8.28. The average Bonchev–Trinajstić information content (AvgIpc) is 3.62. The van der Waals surface area contributed by atoms with Gasteiger partial charge < -0.3 is 33.1 Å². The van der Waals surface area contributed by atoms with E-state index in [1.165, 1.54) is 18.5 Å². The van der Waals surface area contributed by atoms with Gasteiger partial charge in [0.15, 0.2) is 0 Å². The summed E-state index contributed by atoms with van der Waals surface area (Å²) >= 11 is 0. The van der Waals surface area contributed by atoms with Crippen LogP contribution in [0.2, 0.25) is 0 Å². The fourth-order valence-corrected chi connectivity index (χ4v) is 4.09. The number of anilines is 1. The van der Waals surface area contributed by atoms with Crippen molar-refractivity contribution in [3.63, 3.8) is 0 Å². The molecule has 1 N–H and O–H groups in total.